The molecule has 1 saturated heterocycles. The van der Waals surface area contributed by atoms with Gasteiger partial charge in [-0.1, -0.05) is 24.4 Å². The van der Waals surface area contributed by atoms with E-state index in [1.54, 1.807) is 6.26 Å². The number of aromatic nitrogens is 1. The van der Waals surface area contributed by atoms with E-state index in [0.29, 0.717) is 11.3 Å². The molecule has 0 amide bonds. The maximum Gasteiger partial charge on any atom is 0.194 e. The van der Waals surface area contributed by atoms with Gasteiger partial charge in [-0.3, -0.25) is 4.99 Å². The average Bonchev–Trinajstić information content (AvgIpc) is 3.02. The van der Waals surface area contributed by atoms with Crippen molar-refractivity contribution >= 4 is 41.7 Å². The Morgan fingerprint density at radius 2 is 2.27 bits per heavy atom. The highest BCUT2D eigenvalue weighted by Crippen LogP contribution is 2.42. The molecule has 5 nitrogen and oxygen atoms in total. The van der Waals surface area contributed by atoms with Crippen LogP contribution in [0.2, 0.25) is 0 Å². The highest BCUT2D eigenvalue weighted by atomic mass is 127. The molecule has 1 aliphatic carbocycles. The topological polar surface area (TPSA) is 53.7 Å². The number of rotatable bonds is 2. The van der Waals surface area contributed by atoms with Crippen molar-refractivity contribution < 1.29 is 4.52 Å². The van der Waals surface area contributed by atoms with Crippen LogP contribution < -0.4 is 5.32 Å². The van der Waals surface area contributed by atoms with Gasteiger partial charge in [-0.05, 0) is 12.8 Å². The van der Waals surface area contributed by atoms with Crippen LogP contribution in [0.5, 0.6) is 0 Å². The van der Waals surface area contributed by atoms with Crippen molar-refractivity contribution in [2.75, 3.05) is 25.9 Å². The van der Waals surface area contributed by atoms with E-state index >= 15 is 0 Å². The van der Waals surface area contributed by atoms with E-state index in [0.717, 1.165) is 24.7 Å². The van der Waals surface area contributed by atoms with Gasteiger partial charge in [0.1, 0.15) is 12.0 Å². The van der Waals surface area contributed by atoms with Gasteiger partial charge in [0, 0.05) is 36.7 Å². The Bertz CT molecular complexity index is 468. The first-order chi connectivity index (χ1) is 10.3. The molecular formula is C15H25IN4OS. The average molecular weight is 436 g/mol. The van der Waals surface area contributed by atoms with Crippen LogP contribution in [0, 0.1) is 0 Å². The molecule has 22 heavy (non-hydrogen) atoms. The fourth-order valence-electron chi connectivity index (χ4n) is 3.35. The number of guanidine groups is 1. The number of hydrogen-bond donors (Lipinski definition) is 1. The summed E-state index contributed by atoms with van der Waals surface area (Å²) in [6, 6.07) is 1.88. The molecule has 124 valence electrons. The maximum absolute atomic E-state index is 4.87. The molecule has 1 aliphatic heterocycles. The van der Waals surface area contributed by atoms with Gasteiger partial charge >= 0.3 is 0 Å². The Kier molecular flexibility index (Phi) is 6.86. The largest absolute Gasteiger partial charge is 0.364 e. The van der Waals surface area contributed by atoms with Gasteiger partial charge in [0.15, 0.2) is 5.96 Å². The molecular weight excluding hydrogens is 411 g/mol. The zero-order valence-electron chi connectivity index (χ0n) is 13.1. The summed E-state index contributed by atoms with van der Waals surface area (Å²) in [7, 11) is 1.86. The van der Waals surface area contributed by atoms with E-state index in [1.807, 2.05) is 13.1 Å². The molecule has 1 aromatic heterocycles. The zero-order chi connectivity index (χ0) is 14.5. The van der Waals surface area contributed by atoms with Crippen LogP contribution in [0.4, 0.5) is 0 Å². The predicted octanol–water partition coefficient (Wildman–Crippen LogP) is 3.12. The van der Waals surface area contributed by atoms with Gasteiger partial charge in [-0.2, -0.15) is 11.8 Å². The monoisotopic (exact) mass is 436 g/mol. The second-order valence-corrected chi connectivity index (χ2v) is 7.47. The Labute approximate surface area is 153 Å². The molecule has 1 spiro atoms. The number of thioether (sulfide) groups is 1. The summed E-state index contributed by atoms with van der Waals surface area (Å²) in [5.41, 5.74) is 0.912. The molecule has 1 saturated carbocycles. The summed E-state index contributed by atoms with van der Waals surface area (Å²) in [5.74, 6) is 2.19. The second-order valence-electron chi connectivity index (χ2n) is 5.91. The van der Waals surface area contributed by atoms with Gasteiger partial charge in [0.05, 0.1) is 6.54 Å². The van der Waals surface area contributed by atoms with Crippen molar-refractivity contribution in [2.24, 2.45) is 4.99 Å². The normalized spacial score (nSPS) is 21.5. The molecule has 2 aliphatic rings. The fourth-order valence-corrected chi connectivity index (χ4v) is 4.92. The molecule has 0 unspecified atom stereocenters. The minimum Gasteiger partial charge on any atom is -0.364 e. The smallest absolute Gasteiger partial charge is 0.194 e. The SMILES string of the molecule is CN=C(NCc1ccon1)N1CCSC2(CCCCC2)C1.I. The van der Waals surface area contributed by atoms with Crippen LogP contribution in [-0.4, -0.2) is 46.7 Å². The molecule has 0 bridgehead atoms. The maximum atomic E-state index is 4.87. The predicted molar refractivity (Wildman–Crippen MR) is 102 cm³/mol. The first-order valence-corrected chi connectivity index (χ1v) is 8.79. The lowest BCUT2D eigenvalue weighted by Gasteiger charge is -2.45. The van der Waals surface area contributed by atoms with Crippen LogP contribution in [0.3, 0.4) is 0 Å². The van der Waals surface area contributed by atoms with Crippen molar-refractivity contribution in [1.29, 1.82) is 0 Å². The van der Waals surface area contributed by atoms with Crippen LogP contribution >= 0.6 is 35.7 Å². The lowest BCUT2D eigenvalue weighted by atomic mass is 9.87. The molecule has 0 atom stereocenters. The third-order valence-electron chi connectivity index (χ3n) is 4.44. The Hall–Kier alpha value is -0.440. The lowest BCUT2D eigenvalue weighted by molar-refractivity contribution is 0.293. The van der Waals surface area contributed by atoms with Gasteiger partial charge in [0.2, 0.25) is 0 Å². The zero-order valence-corrected chi connectivity index (χ0v) is 16.2. The first kappa shape index (κ1) is 17.9. The minimum atomic E-state index is 0. The number of hydrogen-bond acceptors (Lipinski definition) is 4. The summed E-state index contributed by atoms with van der Waals surface area (Å²) in [6.07, 6.45) is 8.48. The molecule has 0 aromatic carbocycles. The minimum absolute atomic E-state index is 0. The number of nitrogens with one attached hydrogen (secondary N) is 1. The van der Waals surface area contributed by atoms with Crippen molar-refractivity contribution in [3.63, 3.8) is 0 Å². The number of nitrogens with zero attached hydrogens (tertiary/aromatic N) is 3. The Morgan fingerprint density at radius 3 is 2.95 bits per heavy atom. The number of halogens is 1. The summed E-state index contributed by atoms with van der Waals surface area (Å²) in [5, 5.41) is 7.34. The first-order valence-electron chi connectivity index (χ1n) is 7.80. The van der Waals surface area contributed by atoms with Crippen molar-refractivity contribution in [3.05, 3.63) is 18.0 Å². The van der Waals surface area contributed by atoms with Gasteiger partial charge < -0.3 is 14.7 Å². The van der Waals surface area contributed by atoms with Gasteiger partial charge in [-0.25, -0.2) is 0 Å². The van der Waals surface area contributed by atoms with Crippen molar-refractivity contribution in [1.82, 2.24) is 15.4 Å². The Balaban J connectivity index is 0.00000176. The summed E-state index contributed by atoms with van der Waals surface area (Å²) in [6.45, 7) is 2.86. The van der Waals surface area contributed by atoms with E-state index in [4.69, 9.17) is 4.52 Å². The van der Waals surface area contributed by atoms with E-state index in [2.05, 4.69) is 32.1 Å². The van der Waals surface area contributed by atoms with Crippen LogP contribution in [0.15, 0.2) is 21.8 Å². The molecule has 2 fully saturated rings. The third-order valence-corrected chi connectivity index (χ3v) is 5.98. The summed E-state index contributed by atoms with van der Waals surface area (Å²) in [4.78, 5) is 6.87. The van der Waals surface area contributed by atoms with E-state index in [1.165, 1.54) is 37.9 Å². The van der Waals surface area contributed by atoms with Crippen LogP contribution in [-0.2, 0) is 6.54 Å². The standard InChI is InChI=1S/C15H24N4OS.HI/c1-16-14(17-11-13-5-9-20-18-13)19-8-10-21-15(12-19)6-3-2-4-7-15;/h5,9H,2-4,6-8,10-12H2,1H3,(H,16,17);1H. The summed E-state index contributed by atoms with van der Waals surface area (Å²) >= 11 is 2.18. The fraction of sp³-hybridized carbons (Fsp3) is 0.733. The van der Waals surface area contributed by atoms with E-state index < -0.39 is 0 Å². The molecule has 1 aromatic rings. The van der Waals surface area contributed by atoms with Crippen LogP contribution in [0.1, 0.15) is 37.8 Å². The lowest BCUT2D eigenvalue weighted by Crippen LogP contribution is -2.53. The summed E-state index contributed by atoms with van der Waals surface area (Å²) < 4.78 is 5.33. The third kappa shape index (κ3) is 4.31. The molecule has 7 heteroatoms. The number of aliphatic imine (C=N–C) groups is 1. The van der Waals surface area contributed by atoms with Gasteiger partial charge in [-0.15, -0.1) is 24.0 Å². The van der Waals surface area contributed by atoms with E-state index in [-0.39, 0.29) is 24.0 Å². The van der Waals surface area contributed by atoms with Crippen molar-refractivity contribution in [2.45, 2.75) is 43.4 Å². The second kappa shape index (κ2) is 8.42. The molecule has 3 rings (SSSR count). The van der Waals surface area contributed by atoms with E-state index in [9.17, 15) is 0 Å². The highest BCUT2D eigenvalue weighted by Gasteiger charge is 2.38. The molecule has 0 radical (unpaired) electrons. The molecule has 1 N–H and O–H groups in total. The molecule has 2 heterocycles. The Morgan fingerprint density at radius 1 is 1.45 bits per heavy atom. The highest BCUT2D eigenvalue weighted by molar-refractivity contribution is 14.0. The van der Waals surface area contributed by atoms with Crippen molar-refractivity contribution in [3.8, 4) is 0 Å². The quantitative estimate of drug-likeness (QED) is 0.439. The van der Waals surface area contributed by atoms with Crippen LogP contribution in [0.25, 0.3) is 0 Å². The van der Waals surface area contributed by atoms with Gasteiger partial charge in [0.25, 0.3) is 0 Å².